The number of quaternary nitrogens is 1. The molecule has 0 aliphatic carbocycles. The molecule has 11 heavy (non-hydrogen) atoms. The lowest BCUT2D eigenvalue weighted by molar-refractivity contribution is -0.971. The highest BCUT2D eigenvalue weighted by molar-refractivity contribution is 4.62. The SMILES string of the molecule is COC(C)(C)[NH+]([O-])C(C)(C)C. The van der Waals surface area contributed by atoms with E-state index in [0.717, 1.165) is 0 Å². The summed E-state index contributed by atoms with van der Waals surface area (Å²) >= 11 is 0. The van der Waals surface area contributed by atoms with E-state index in [2.05, 4.69) is 0 Å². The summed E-state index contributed by atoms with van der Waals surface area (Å²) < 4.78 is 5.08. The molecule has 0 aromatic rings. The Balaban J connectivity index is 4.35. The molecule has 1 atom stereocenters. The van der Waals surface area contributed by atoms with E-state index < -0.39 is 5.72 Å². The largest absolute Gasteiger partial charge is 0.632 e. The zero-order valence-corrected chi connectivity index (χ0v) is 8.32. The van der Waals surface area contributed by atoms with Crippen molar-refractivity contribution in [3.05, 3.63) is 5.21 Å². The van der Waals surface area contributed by atoms with Gasteiger partial charge in [-0.15, -0.1) is 0 Å². The van der Waals surface area contributed by atoms with E-state index in [1.165, 1.54) is 0 Å². The van der Waals surface area contributed by atoms with Gasteiger partial charge in [0, 0.05) is 21.0 Å². The summed E-state index contributed by atoms with van der Waals surface area (Å²) in [7, 11) is 1.56. The van der Waals surface area contributed by atoms with Crippen molar-refractivity contribution in [2.45, 2.75) is 45.9 Å². The van der Waals surface area contributed by atoms with Gasteiger partial charge in [-0.25, -0.2) is 0 Å². The molecule has 0 bridgehead atoms. The van der Waals surface area contributed by atoms with Crippen LogP contribution in [-0.4, -0.2) is 18.4 Å². The predicted molar refractivity (Wildman–Crippen MR) is 45.2 cm³/mol. The van der Waals surface area contributed by atoms with Gasteiger partial charge in [0.1, 0.15) is 0 Å². The molecule has 0 rings (SSSR count). The standard InChI is InChI=1S/C8H19NO2/c1-7(2,3)9(10)8(4,5)11-6/h9H,1-6H3. The summed E-state index contributed by atoms with van der Waals surface area (Å²) in [4.78, 5) is 0. The van der Waals surface area contributed by atoms with Crippen LogP contribution in [0.1, 0.15) is 34.6 Å². The van der Waals surface area contributed by atoms with Gasteiger partial charge in [0.25, 0.3) is 0 Å². The lowest BCUT2D eigenvalue weighted by Crippen LogP contribution is -3.21. The second-order valence-corrected chi connectivity index (χ2v) is 4.29. The Bertz CT molecular complexity index is 127. The van der Waals surface area contributed by atoms with Gasteiger partial charge in [-0.05, 0) is 20.8 Å². The maximum Gasteiger partial charge on any atom is 0.195 e. The third-order valence-corrected chi connectivity index (χ3v) is 1.74. The van der Waals surface area contributed by atoms with Crippen LogP contribution >= 0.6 is 0 Å². The van der Waals surface area contributed by atoms with E-state index in [1.807, 2.05) is 20.8 Å². The zero-order chi connectivity index (χ0) is 9.28. The molecule has 1 N–H and O–H groups in total. The summed E-state index contributed by atoms with van der Waals surface area (Å²) in [6.07, 6.45) is 0. The molecule has 0 aromatic heterocycles. The third kappa shape index (κ3) is 2.77. The van der Waals surface area contributed by atoms with Gasteiger partial charge in [-0.3, -0.25) is 0 Å². The van der Waals surface area contributed by atoms with Gasteiger partial charge in [0.15, 0.2) is 5.72 Å². The molecule has 0 fully saturated rings. The van der Waals surface area contributed by atoms with Gasteiger partial charge in [-0.2, -0.15) is 0 Å². The van der Waals surface area contributed by atoms with Crippen molar-refractivity contribution in [3.63, 3.8) is 0 Å². The Kier molecular flexibility index (Phi) is 3.06. The van der Waals surface area contributed by atoms with E-state index in [9.17, 15) is 5.21 Å². The quantitative estimate of drug-likeness (QED) is 0.474. The van der Waals surface area contributed by atoms with Crippen molar-refractivity contribution in [3.8, 4) is 0 Å². The zero-order valence-electron chi connectivity index (χ0n) is 8.32. The Morgan fingerprint density at radius 1 is 1.09 bits per heavy atom. The van der Waals surface area contributed by atoms with Gasteiger partial charge in [-0.1, -0.05) is 0 Å². The molecule has 0 heterocycles. The van der Waals surface area contributed by atoms with Crippen LogP contribution < -0.4 is 5.06 Å². The van der Waals surface area contributed by atoms with Gasteiger partial charge < -0.3 is 15.0 Å². The molecular formula is C8H19NO2. The molecule has 0 aliphatic rings. The molecule has 0 aliphatic heterocycles. The summed E-state index contributed by atoms with van der Waals surface area (Å²) in [6.45, 7) is 9.28. The lowest BCUT2D eigenvalue weighted by atomic mass is 10.1. The third-order valence-electron chi connectivity index (χ3n) is 1.74. The van der Waals surface area contributed by atoms with E-state index in [1.54, 1.807) is 21.0 Å². The van der Waals surface area contributed by atoms with E-state index in [-0.39, 0.29) is 10.6 Å². The number of methoxy groups -OCH3 is 1. The van der Waals surface area contributed by atoms with Gasteiger partial charge in [0.05, 0.1) is 5.54 Å². The molecule has 3 heteroatoms. The first-order chi connectivity index (χ1) is 4.72. The minimum absolute atomic E-state index is 0.132. The van der Waals surface area contributed by atoms with E-state index in [4.69, 9.17) is 4.74 Å². The Morgan fingerprint density at radius 3 is 1.55 bits per heavy atom. The second-order valence-electron chi connectivity index (χ2n) is 4.29. The van der Waals surface area contributed by atoms with Crippen LogP contribution in [0.4, 0.5) is 0 Å². The van der Waals surface area contributed by atoms with Crippen molar-refractivity contribution in [1.29, 1.82) is 0 Å². The fourth-order valence-electron chi connectivity index (χ4n) is 0.996. The molecule has 0 amide bonds. The van der Waals surface area contributed by atoms with Crippen LogP contribution in [0.3, 0.4) is 0 Å². The highest BCUT2D eigenvalue weighted by Gasteiger charge is 2.32. The monoisotopic (exact) mass is 161 g/mol. The van der Waals surface area contributed by atoms with Crippen molar-refractivity contribution >= 4 is 0 Å². The van der Waals surface area contributed by atoms with Crippen LogP contribution in [-0.2, 0) is 4.74 Å². The molecule has 1 unspecified atom stereocenters. The second kappa shape index (κ2) is 3.09. The highest BCUT2D eigenvalue weighted by Crippen LogP contribution is 2.02. The highest BCUT2D eigenvalue weighted by atomic mass is 16.6. The number of hydroxylamine groups is 2. The fraction of sp³-hybridized carbons (Fsp3) is 1.00. The molecule has 0 saturated carbocycles. The predicted octanol–water partition coefficient (Wildman–Crippen LogP) is 0.550. The van der Waals surface area contributed by atoms with E-state index >= 15 is 0 Å². The van der Waals surface area contributed by atoms with Crippen LogP contribution in [0, 0.1) is 5.21 Å². The number of hydrogen-bond acceptors (Lipinski definition) is 2. The molecule has 68 valence electrons. The van der Waals surface area contributed by atoms with Gasteiger partial charge in [0.2, 0.25) is 0 Å². The molecule has 3 nitrogen and oxygen atoms in total. The van der Waals surface area contributed by atoms with Crippen molar-refractivity contribution < 1.29 is 9.80 Å². The maximum absolute atomic E-state index is 11.6. The Morgan fingerprint density at radius 2 is 1.45 bits per heavy atom. The topological polar surface area (TPSA) is 36.7 Å². The number of hydrogen-bond donors (Lipinski definition) is 1. The number of nitrogens with one attached hydrogen (secondary N) is 1. The first-order valence-electron chi connectivity index (χ1n) is 3.82. The van der Waals surface area contributed by atoms with Crippen LogP contribution in [0.2, 0.25) is 0 Å². The summed E-state index contributed by atoms with van der Waals surface area (Å²) in [5, 5.41) is 11.7. The van der Waals surface area contributed by atoms with Crippen molar-refractivity contribution in [2.75, 3.05) is 7.11 Å². The van der Waals surface area contributed by atoms with Crippen LogP contribution in [0.5, 0.6) is 0 Å². The van der Waals surface area contributed by atoms with E-state index in [0.29, 0.717) is 0 Å². The summed E-state index contributed by atoms with van der Waals surface area (Å²) in [5.74, 6) is 0. The molecule has 0 saturated heterocycles. The average Bonchev–Trinajstić information content (AvgIpc) is 1.84. The van der Waals surface area contributed by atoms with Crippen LogP contribution in [0.25, 0.3) is 0 Å². The van der Waals surface area contributed by atoms with Crippen LogP contribution in [0.15, 0.2) is 0 Å². The normalized spacial score (nSPS) is 16.6. The minimum atomic E-state index is -0.655. The number of ether oxygens (including phenoxy) is 1. The lowest BCUT2D eigenvalue weighted by Gasteiger charge is -2.45. The van der Waals surface area contributed by atoms with Crippen molar-refractivity contribution in [2.24, 2.45) is 0 Å². The molecular weight excluding hydrogens is 142 g/mol. The first kappa shape index (κ1) is 10.9. The smallest absolute Gasteiger partial charge is 0.195 e. The Labute approximate surface area is 68.9 Å². The maximum atomic E-state index is 11.6. The van der Waals surface area contributed by atoms with Crippen molar-refractivity contribution in [1.82, 2.24) is 0 Å². The average molecular weight is 161 g/mol. The summed E-state index contributed by atoms with van der Waals surface area (Å²) in [5.41, 5.74) is -0.974. The fourth-order valence-corrected chi connectivity index (χ4v) is 0.996. The summed E-state index contributed by atoms with van der Waals surface area (Å²) in [6, 6.07) is 0. The molecule has 0 radical (unpaired) electrons. The number of rotatable bonds is 2. The Hall–Kier alpha value is -0.120. The minimum Gasteiger partial charge on any atom is -0.632 e. The molecule has 0 spiro atoms. The first-order valence-corrected chi connectivity index (χ1v) is 3.82. The molecule has 0 aromatic carbocycles. The van der Waals surface area contributed by atoms with Gasteiger partial charge >= 0.3 is 0 Å².